The van der Waals surface area contributed by atoms with Gasteiger partial charge in [-0.15, -0.1) is 11.3 Å². The molecule has 0 fully saturated rings. The van der Waals surface area contributed by atoms with Crippen molar-refractivity contribution in [2.45, 2.75) is 6.61 Å². The van der Waals surface area contributed by atoms with Crippen molar-refractivity contribution < 1.29 is 14.3 Å². The van der Waals surface area contributed by atoms with E-state index in [4.69, 9.17) is 32.7 Å². The first-order valence-corrected chi connectivity index (χ1v) is 8.91. The van der Waals surface area contributed by atoms with Gasteiger partial charge in [-0.25, -0.2) is 9.78 Å². The molecule has 0 aliphatic heterocycles. The zero-order chi connectivity index (χ0) is 17.8. The van der Waals surface area contributed by atoms with E-state index in [0.29, 0.717) is 15.7 Å². The number of carbonyl (C=O) groups excluding carboxylic acids is 1. The van der Waals surface area contributed by atoms with Gasteiger partial charge in [0.15, 0.2) is 0 Å². The molecule has 0 aliphatic carbocycles. The molecule has 128 valence electrons. The zero-order valence-electron chi connectivity index (χ0n) is 13.2. The van der Waals surface area contributed by atoms with Crippen LogP contribution in [0.5, 0.6) is 5.75 Å². The number of carbonyl (C=O) groups is 1. The van der Waals surface area contributed by atoms with E-state index >= 15 is 0 Å². The lowest BCUT2D eigenvalue weighted by atomic mass is 10.2. The minimum atomic E-state index is -0.536. The van der Waals surface area contributed by atoms with Crippen LogP contribution in [-0.2, 0) is 11.3 Å². The predicted octanol–water partition coefficient (Wildman–Crippen LogP) is 5.48. The van der Waals surface area contributed by atoms with Crippen molar-refractivity contribution in [3.05, 3.63) is 69.1 Å². The second-order valence-corrected chi connectivity index (χ2v) is 6.77. The Morgan fingerprint density at radius 3 is 2.64 bits per heavy atom. The number of benzene rings is 2. The van der Waals surface area contributed by atoms with Crippen molar-refractivity contribution in [1.29, 1.82) is 0 Å². The molecule has 0 N–H and O–H groups in total. The van der Waals surface area contributed by atoms with Gasteiger partial charge in [-0.1, -0.05) is 23.2 Å². The number of esters is 1. The highest BCUT2D eigenvalue weighted by atomic mass is 35.5. The maximum atomic E-state index is 12.1. The van der Waals surface area contributed by atoms with E-state index in [9.17, 15) is 4.79 Å². The number of rotatable bonds is 5. The molecule has 0 spiro atoms. The van der Waals surface area contributed by atoms with Gasteiger partial charge in [0.25, 0.3) is 0 Å². The normalized spacial score (nSPS) is 10.5. The van der Waals surface area contributed by atoms with Crippen LogP contribution in [0.25, 0.3) is 10.6 Å². The van der Waals surface area contributed by atoms with Crippen LogP contribution in [0.15, 0.2) is 47.8 Å². The standard InChI is InChI=1S/C18H13Cl2NO3S/c1-23-14-5-2-11(3-6-14)17-21-13(10-25-17)9-24-18(22)15-8-12(19)4-7-16(15)20/h2-8,10H,9H2,1H3. The van der Waals surface area contributed by atoms with Crippen LogP contribution in [0.3, 0.4) is 0 Å². The van der Waals surface area contributed by atoms with Crippen LogP contribution >= 0.6 is 34.5 Å². The predicted molar refractivity (Wildman–Crippen MR) is 99.7 cm³/mol. The maximum Gasteiger partial charge on any atom is 0.340 e. The van der Waals surface area contributed by atoms with Gasteiger partial charge in [0, 0.05) is 16.0 Å². The van der Waals surface area contributed by atoms with E-state index in [1.54, 1.807) is 19.2 Å². The van der Waals surface area contributed by atoms with Crippen molar-refractivity contribution in [3.8, 4) is 16.3 Å². The highest BCUT2D eigenvalue weighted by Gasteiger charge is 2.14. The number of methoxy groups -OCH3 is 1. The molecular formula is C18H13Cl2NO3S. The topological polar surface area (TPSA) is 48.4 Å². The molecule has 0 bridgehead atoms. The number of ether oxygens (including phenoxy) is 2. The highest BCUT2D eigenvalue weighted by molar-refractivity contribution is 7.13. The molecule has 3 aromatic rings. The van der Waals surface area contributed by atoms with Gasteiger partial charge in [-0.05, 0) is 42.5 Å². The van der Waals surface area contributed by atoms with Crippen LogP contribution in [-0.4, -0.2) is 18.1 Å². The summed E-state index contributed by atoms with van der Waals surface area (Å²) in [7, 11) is 1.62. The quantitative estimate of drug-likeness (QED) is 0.538. The lowest BCUT2D eigenvalue weighted by molar-refractivity contribution is 0.0468. The number of hydrogen-bond donors (Lipinski definition) is 0. The van der Waals surface area contributed by atoms with Gasteiger partial charge in [0.1, 0.15) is 17.4 Å². The summed E-state index contributed by atoms with van der Waals surface area (Å²) in [6, 6.07) is 12.3. The second-order valence-electron chi connectivity index (χ2n) is 5.07. The number of aromatic nitrogens is 1. The van der Waals surface area contributed by atoms with Crippen molar-refractivity contribution in [1.82, 2.24) is 4.98 Å². The molecular weight excluding hydrogens is 381 g/mol. The summed E-state index contributed by atoms with van der Waals surface area (Å²) >= 11 is 13.4. The van der Waals surface area contributed by atoms with E-state index in [-0.39, 0.29) is 12.2 Å². The van der Waals surface area contributed by atoms with Gasteiger partial charge in [-0.3, -0.25) is 0 Å². The lowest BCUT2D eigenvalue weighted by Gasteiger charge is -2.05. The minimum absolute atomic E-state index is 0.0638. The maximum absolute atomic E-state index is 12.1. The molecule has 25 heavy (non-hydrogen) atoms. The Morgan fingerprint density at radius 1 is 1.16 bits per heavy atom. The highest BCUT2D eigenvalue weighted by Crippen LogP contribution is 2.26. The fourth-order valence-electron chi connectivity index (χ4n) is 2.11. The van der Waals surface area contributed by atoms with Crippen molar-refractivity contribution in [3.63, 3.8) is 0 Å². The molecule has 1 heterocycles. The molecule has 0 amide bonds. The third-order valence-electron chi connectivity index (χ3n) is 3.39. The Bertz CT molecular complexity index is 894. The van der Waals surface area contributed by atoms with E-state index in [0.717, 1.165) is 16.3 Å². The van der Waals surface area contributed by atoms with Gasteiger partial charge in [-0.2, -0.15) is 0 Å². The third kappa shape index (κ3) is 4.31. The van der Waals surface area contributed by atoms with Gasteiger partial charge >= 0.3 is 5.97 Å². The van der Waals surface area contributed by atoms with E-state index in [1.807, 2.05) is 29.6 Å². The van der Waals surface area contributed by atoms with E-state index < -0.39 is 5.97 Å². The van der Waals surface area contributed by atoms with Gasteiger partial charge < -0.3 is 9.47 Å². The van der Waals surface area contributed by atoms with E-state index in [1.165, 1.54) is 17.4 Å². The average molecular weight is 394 g/mol. The summed E-state index contributed by atoms with van der Waals surface area (Å²) < 4.78 is 10.4. The molecule has 3 rings (SSSR count). The first-order valence-electron chi connectivity index (χ1n) is 7.28. The SMILES string of the molecule is COc1ccc(-c2nc(COC(=O)c3cc(Cl)ccc3Cl)cs2)cc1. The van der Waals surface area contributed by atoms with Crippen molar-refractivity contribution >= 4 is 40.5 Å². The second kappa shape index (κ2) is 7.87. The van der Waals surface area contributed by atoms with Crippen LogP contribution in [0.1, 0.15) is 16.1 Å². The Morgan fingerprint density at radius 2 is 1.92 bits per heavy atom. The number of thiazole rings is 1. The first-order chi connectivity index (χ1) is 12.1. The van der Waals surface area contributed by atoms with Gasteiger partial charge in [0.05, 0.1) is 23.4 Å². The Labute approximate surface area is 158 Å². The van der Waals surface area contributed by atoms with Crippen LogP contribution in [0, 0.1) is 0 Å². The zero-order valence-corrected chi connectivity index (χ0v) is 15.5. The summed E-state index contributed by atoms with van der Waals surface area (Å²) in [5, 5.41) is 3.42. The molecule has 2 aromatic carbocycles. The fourth-order valence-corrected chi connectivity index (χ4v) is 3.29. The van der Waals surface area contributed by atoms with Crippen LogP contribution in [0.4, 0.5) is 0 Å². The van der Waals surface area contributed by atoms with Crippen LogP contribution in [0.2, 0.25) is 10.0 Å². The molecule has 7 heteroatoms. The third-order valence-corrected chi connectivity index (χ3v) is 4.89. The number of halogens is 2. The minimum Gasteiger partial charge on any atom is -0.497 e. The fraction of sp³-hybridized carbons (Fsp3) is 0.111. The first kappa shape index (κ1) is 17.7. The molecule has 0 radical (unpaired) electrons. The summed E-state index contributed by atoms with van der Waals surface area (Å²) in [4.78, 5) is 16.6. The Balaban J connectivity index is 1.67. The van der Waals surface area contributed by atoms with Crippen LogP contribution < -0.4 is 4.74 Å². The molecule has 4 nitrogen and oxygen atoms in total. The monoisotopic (exact) mass is 393 g/mol. The van der Waals surface area contributed by atoms with Crippen molar-refractivity contribution in [2.24, 2.45) is 0 Å². The van der Waals surface area contributed by atoms with E-state index in [2.05, 4.69) is 4.98 Å². The number of nitrogens with zero attached hydrogens (tertiary/aromatic N) is 1. The van der Waals surface area contributed by atoms with Crippen molar-refractivity contribution in [2.75, 3.05) is 7.11 Å². The summed E-state index contributed by atoms with van der Waals surface area (Å²) in [5.41, 5.74) is 1.88. The summed E-state index contributed by atoms with van der Waals surface area (Å²) in [5.74, 6) is 0.249. The smallest absolute Gasteiger partial charge is 0.340 e. The Kier molecular flexibility index (Phi) is 5.58. The molecule has 0 saturated carbocycles. The largest absolute Gasteiger partial charge is 0.497 e. The molecule has 0 saturated heterocycles. The summed E-state index contributed by atoms with van der Waals surface area (Å²) in [6.07, 6.45) is 0. The Hall–Kier alpha value is -2.08. The summed E-state index contributed by atoms with van der Waals surface area (Å²) in [6.45, 7) is 0.0638. The molecule has 0 aliphatic rings. The molecule has 1 aromatic heterocycles. The molecule has 0 unspecified atom stereocenters. The number of hydrogen-bond acceptors (Lipinski definition) is 5. The van der Waals surface area contributed by atoms with Gasteiger partial charge in [0.2, 0.25) is 0 Å². The average Bonchev–Trinajstić information content (AvgIpc) is 3.11. The lowest BCUT2D eigenvalue weighted by Crippen LogP contribution is -2.06. The molecule has 0 atom stereocenters.